The van der Waals surface area contributed by atoms with Gasteiger partial charge in [-0.05, 0) is 18.1 Å². The van der Waals surface area contributed by atoms with E-state index in [-0.39, 0.29) is 5.16 Å². The first-order chi connectivity index (χ1) is 11.4. The SMILES string of the molecule is CS(=O)(=O)c1nc2c(c(NCCc3ccccc3Cl)n1)COCC2. The summed E-state index contributed by atoms with van der Waals surface area (Å²) in [5.41, 5.74) is 2.58. The standard InChI is InChI=1S/C16H18ClN3O3S/c1-24(21,22)16-19-14-7-9-23-10-12(14)15(20-16)18-8-6-11-4-2-3-5-13(11)17/h2-5H,6-10H2,1H3,(H,18,19,20). The van der Waals surface area contributed by atoms with Gasteiger partial charge in [-0.15, -0.1) is 0 Å². The number of aromatic nitrogens is 2. The molecule has 0 atom stereocenters. The van der Waals surface area contributed by atoms with Crippen LogP contribution in [0.25, 0.3) is 0 Å². The molecule has 0 saturated carbocycles. The van der Waals surface area contributed by atoms with E-state index < -0.39 is 9.84 Å². The van der Waals surface area contributed by atoms with E-state index in [9.17, 15) is 8.42 Å². The second-order valence-corrected chi connectivity index (χ2v) is 7.94. The number of nitrogens with one attached hydrogen (secondary N) is 1. The summed E-state index contributed by atoms with van der Waals surface area (Å²) in [5.74, 6) is 0.521. The predicted molar refractivity (Wildman–Crippen MR) is 92.1 cm³/mol. The maximum atomic E-state index is 11.8. The van der Waals surface area contributed by atoms with E-state index >= 15 is 0 Å². The average Bonchev–Trinajstić information content (AvgIpc) is 2.55. The smallest absolute Gasteiger partial charge is 0.248 e. The monoisotopic (exact) mass is 367 g/mol. The van der Waals surface area contributed by atoms with Gasteiger partial charge in [-0.3, -0.25) is 0 Å². The van der Waals surface area contributed by atoms with E-state index in [1.54, 1.807) is 0 Å². The molecule has 1 aromatic heterocycles. The molecule has 1 N–H and O–H groups in total. The first-order valence-electron chi connectivity index (χ1n) is 7.60. The summed E-state index contributed by atoms with van der Waals surface area (Å²) < 4.78 is 29.1. The Balaban J connectivity index is 1.83. The first-order valence-corrected chi connectivity index (χ1v) is 9.87. The van der Waals surface area contributed by atoms with Gasteiger partial charge in [0.25, 0.3) is 0 Å². The van der Waals surface area contributed by atoms with Crippen molar-refractivity contribution in [1.29, 1.82) is 0 Å². The third-order valence-corrected chi connectivity index (χ3v) is 4.99. The number of halogens is 1. The van der Waals surface area contributed by atoms with Crippen LogP contribution >= 0.6 is 11.6 Å². The molecule has 0 bridgehead atoms. The molecule has 0 radical (unpaired) electrons. The molecule has 1 aliphatic heterocycles. The van der Waals surface area contributed by atoms with Crippen LogP contribution in [0.2, 0.25) is 5.02 Å². The topological polar surface area (TPSA) is 81.2 Å². The van der Waals surface area contributed by atoms with Crippen LogP contribution in [0.5, 0.6) is 0 Å². The van der Waals surface area contributed by atoms with Crippen molar-refractivity contribution in [1.82, 2.24) is 9.97 Å². The number of rotatable bonds is 5. The third kappa shape index (κ3) is 3.85. The number of benzene rings is 1. The van der Waals surface area contributed by atoms with Crippen molar-refractivity contribution in [2.75, 3.05) is 24.7 Å². The Morgan fingerprint density at radius 1 is 1.29 bits per heavy atom. The summed E-state index contributed by atoms with van der Waals surface area (Å²) in [4.78, 5) is 8.37. The van der Waals surface area contributed by atoms with E-state index in [1.807, 2.05) is 24.3 Å². The van der Waals surface area contributed by atoms with Crippen molar-refractivity contribution in [2.24, 2.45) is 0 Å². The maximum absolute atomic E-state index is 11.8. The lowest BCUT2D eigenvalue weighted by Gasteiger charge is -2.20. The van der Waals surface area contributed by atoms with E-state index in [0.717, 1.165) is 23.1 Å². The van der Waals surface area contributed by atoms with Gasteiger partial charge in [0.05, 0.1) is 18.9 Å². The van der Waals surface area contributed by atoms with Gasteiger partial charge in [-0.25, -0.2) is 18.4 Å². The fourth-order valence-corrected chi connectivity index (χ4v) is 3.30. The summed E-state index contributed by atoms with van der Waals surface area (Å²) >= 11 is 6.15. The van der Waals surface area contributed by atoms with Crippen LogP contribution in [0, 0.1) is 0 Å². The Hall–Kier alpha value is -1.70. The molecule has 6 nitrogen and oxygen atoms in total. The second-order valence-electron chi connectivity index (χ2n) is 5.62. The zero-order chi connectivity index (χ0) is 17.2. The highest BCUT2D eigenvalue weighted by Crippen LogP contribution is 2.24. The summed E-state index contributed by atoms with van der Waals surface area (Å²) in [7, 11) is -3.47. The molecule has 0 fully saturated rings. The highest BCUT2D eigenvalue weighted by molar-refractivity contribution is 7.90. The Labute approximate surface area is 146 Å². The van der Waals surface area contributed by atoms with E-state index in [4.69, 9.17) is 16.3 Å². The Morgan fingerprint density at radius 2 is 2.08 bits per heavy atom. The summed E-state index contributed by atoms with van der Waals surface area (Å²) in [6, 6.07) is 7.63. The molecule has 128 valence electrons. The normalized spacial score (nSPS) is 14.2. The second kappa shape index (κ2) is 7.04. The van der Waals surface area contributed by atoms with Crippen LogP contribution in [0.3, 0.4) is 0 Å². The quantitative estimate of drug-likeness (QED) is 0.816. The van der Waals surface area contributed by atoms with Crippen molar-refractivity contribution in [3.63, 3.8) is 0 Å². The predicted octanol–water partition coefficient (Wildman–Crippen LogP) is 2.26. The minimum absolute atomic E-state index is 0.150. The molecule has 0 spiro atoms. The Morgan fingerprint density at radius 3 is 2.83 bits per heavy atom. The summed E-state index contributed by atoms with van der Waals surface area (Å²) in [6.45, 7) is 1.50. The molecule has 2 heterocycles. The molecular weight excluding hydrogens is 350 g/mol. The van der Waals surface area contributed by atoms with Crippen LogP contribution < -0.4 is 5.32 Å². The molecule has 2 aromatic rings. The average molecular weight is 368 g/mol. The molecule has 24 heavy (non-hydrogen) atoms. The number of hydrogen-bond acceptors (Lipinski definition) is 6. The zero-order valence-corrected chi connectivity index (χ0v) is 14.8. The van der Waals surface area contributed by atoms with E-state index in [1.165, 1.54) is 0 Å². The largest absolute Gasteiger partial charge is 0.376 e. The first kappa shape index (κ1) is 17.1. The van der Waals surface area contributed by atoms with Gasteiger partial charge in [0.15, 0.2) is 0 Å². The minimum atomic E-state index is -3.47. The van der Waals surface area contributed by atoms with Crippen LogP contribution in [0.1, 0.15) is 16.8 Å². The molecule has 1 aliphatic rings. The van der Waals surface area contributed by atoms with E-state index in [0.29, 0.717) is 43.4 Å². The fourth-order valence-electron chi connectivity index (χ4n) is 2.54. The van der Waals surface area contributed by atoms with Crippen molar-refractivity contribution >= 4 is 27.3 Å². The van der Waals surface area contributed by atoms with Gasteiger partial charge in [0, 0.05) is 29.8 Å². The maximum Gasteiger partial charge on any atom is 0.248 e. The lowest BCUT2D eigenvalue weighted by molar-refractivity contribution is 0.109. The van der Waals surface area contributed by atoms with Crippen molar-refractivity contribution in [2.45, 2.75) is 24.6 Å². The van der Waals surface area contributed by atoms with Crippen molar-refractivity contribution in [3.8, 4) is 0 Å². The number of fused-ring (bicyclic) bond motifs is 1. The lowest BCUT2D eigenvalue weighted by Crippen LogP contribution is -2.20. The summed E-state index contributed by atoms with van der Waals surface area (Å²) in [5, 5.41) is 3.77. The molecule has 0 saturated heterocycles. The van der Waals surface area contributed by atoms with Gasteiger partial charge in [0.2, 0.25) is 15.0 Å². The van der Waals surface area contributed by atoms with Crippen molar-refractivity contribution in [3.05, 3.63) is 46.1 Å². The molecule has 0 amide bonds. The van der Waals surface area contributed by atoms with Gasteiger partial charge in [-0.1, -0.05) is 29.8 Å². The third-order valence-electron chi connectivity index (χ3n) is 3.78. The number of nitrogens with zero attached hydrogens (tertiary/aromatic N) is 2. The van der Waals surface area contributed by atoms with Gasteiger partial charge in [-0.2, -0.15) is 0 Å². The van der Waals surface area contributed by atoms with Crippen LogP contribution in [-0.2, 0) is 34.0 Å². The van der Waals surface area contributed by atoms with Gasteiger partial charge in [0.1, 0.15) is 5.82 Å². The van der Waals surface area contributed by atoms with Crippen LogP contribution in [-0.4, -0.2) is 37.8 Å². The Bertz CT molecular complexity index is 856. The highest BCUT2D eigenvalue weighted by atomic mass is 35.5. The number of anilines is 1. The zero-order valence-electron chi connectivity index (χ0n) is 13.3. The summed E-state index contributed by atoms with van der Waals surface area (Å²) in [6.07, 6.45) is 2.40. The molecule has 0 aliphatic carbocycles. The Kier molecular flexibility index (Phi) is 5.03. The molecule has 8 heteroatoms. The van der Waals surface area contributed by atoms with E-state index in [2.05, 4.69) is 15.3 Å². The molecule has 1 aromatic carbocycles. The number of ether oxygens (including phenoxy) is 1. The molecular formula is C16H18ClN3O3S. The van der Waals surface area contributed by atoms with Gasteiger partial charge < -0.3 is 10.1 Å². The lowest BCUT2D eigenvalue weighted by atomic mass is 10.1. The molecule has 3 rings (SSSR count). The fraction of sp³-hybridized carbons (Fsp3) is 0.375. The van der Waals surface area contributed by atoms with Gasteiger partial charge >= 0.3 is 0 Å². The number of sulfone groups is 1. The molecule has 0 unspecified atom stereocenters. The number of hydrogen-bond donors (Lipinski definition) is 1. The minimum Gasteiger partial charge on any atom is -0.376 e. The van der Waals surface area contributed by atoms with Crippen LogP contribution in [0.15, 0.2) is 29.4 Å². The highest BCUT2D eigenvalue weighted by Gasteiger charge is 2.22. The van der Waals surface area contributed by atoms with Crippen LogP contribution in [0.4, 0.5) is 5.82 Å². The van der Waals surface area contributed by atoms with Crippen molar-refractivity contribution < 1.29 is 13.2 Å².